The number of aromatic nitrogens is 2. The smallest absolute Gasteiger partial charge is 0.137 e. The zero-order valence-corrected chi connectivity index (χ0v) is 14.7. The molecule has 0 aliphatic heterocycles. The number of anilines is 1. The van der Waals surface area contributed by atoms with Gasteiger partial charge >= 0.3 is 0 Å². The molecule has 0 saturated heterocycles. The van der Waals surface area contributed by atoms with Crippen molar-refractivity contribution in [3.05, 3.63) is 65.6 Å². The Bertz CT molecular complexity index is 805. The van der Waals surface area contributed by atoms with Crippen LogP contribution in [0, 0.1) is 0 Å². The predicted octanol–water partition coefficient (Wildman–Crippen LogP) is 4.06. The number of pyridine rings is 1. The van der Waals surface area contributed by atoms with Crippen LogP contribution in [0.3, 0.4) is 0 Å². The van der Waals surface area contributed by atoms with Gasteiger partial charge in [0.25, 0.3) is 0 Å². The van der Waals surface area contributed by atoms with E-state index in [9.17, 15) is 0 Å². The van der Waals surface area contributed by atoms with Crippen molar-refractivity contribution < 1.29 is 0 Å². The van der Waals surface area contributed by atoms with Crippen LogP contribution < -0.4 is 5.73 Å². The van der Waals surface area contributed by atoms with E-state index in [1.807, 2.05) is 18.3 Å². The molecule has 0 spiro atoms. The number of fused-ring (bicyclic) bond motifs is 1. The standard InChI is InChI=1S/C20H26N4/c1-4-23(12-16-8-6-5-7-9-16)14-18-20(15(2)3)22-19-11-10-17(21)13-24(18)19/h5-11,13,15H,4,12,14,21H2,1-3H3. The Balaban J connectivity index is 1.94. The van der Waals surface area contributed by atoms with Crippen molar-refractivity contribution in [2.45, 2.75) is 39.8 Å². The van der Waals surface area contributed by atoms with Crippen molar-refractivity contribution in [3.63, 3.8) is 0 Å². The number of rotatable bonds is 6. The SMILES string of the molecule is CCN(Cc1ccccc1)Cc1c(C(C)C)nc2ccc(N)cn12. The van der Waals surface area contributed by atoms with Crippen LogP contribution in [0.1, 0.15) is 43.6 Å². The number of nitrogen functional groups attached to an aromatic ring is 1. The molecule has 2 N–H and O–H groups in total. The lowest BCUT2D eigenvalue weighted by atomic mass is 10.1. The Hall–Kier alpha value is -2.33. The Kier molecular flexibility index (Phi) is 4.86. The van der Waals surface area contributed by atoms with E-state index in [4.69, 9.17) is 10.7 Å². The van der Waals surface area contributed by atoms with Crippen molar-refractivity contribution in [1.29, 1.82) is 0 Å². The zero-order chi connectivity index (χ0) is 17.1. The largest absolute Gasteiger partial charge is 0.398 e. The van der Waals surface area contributed by atoms with Crippen LogP contribution in [0.25, 0.3) is 5.65 Å². The van der Waals surface area contributed by atoms with Gasteiger partial charge in [-0.15, -0.1) is 0 Å². The van der Waals surface area contributed by atoms with Crippen LogP contribution in [0.4, 0.5) is 5.69 Å². The molecule has 3 rings (SSSR count). The molecule has 3 aromatic rings. The van der Waals surface area contributed by atoms with Crippen LogP contribution in [0.15, 0.2) is 48.7 Å². The molecule has 2 aromatic heterocycles. The second-order valence-corrected chi connectivity index (χ2v) is 6.58. The van der Waals surface area contributed by atoms with E-state index in [2.05, 4.69) is 60.4 Å². The monoisotopic (exact) mass is 322 g/mol. The normalized spacial score (nSPS) is 11.7. The number of hydrogen-bond acceptors (Lipinski definition) is 3. The maximum Gasteiger partial charge on any atom is 0.137 e. The minimum Gasteiger partial charge on any atom is -0.398 e. The highest BCUT2D eigenvalue weighted by Gasteiger charge is 2.17. The third-order valence-corrected chi connectivity index (χ3v) is 4.39. The quantitative estimate of drug-likeness (QED) is 0.744. The van der Waals surface area contributed by atoms with Gasteiger partial charge in [0, 0.05) is 25.0 Å². The zero-order valence-electron chi connectivity index (χ0n) is 14.7. The van der Waals surface area contributed by atoms with Gasteiger partial charge in [0.05, 0.1) is 11.4 Å². The third kappa shape index (κ3) is 3.44. The maximum atomic E-state index is 6.00. The molecule has 0 aliphatic rings. The van der Waals surface area contributed by atoms with Crippen LogP contribution in [0.2, 0.25) is 0 Å². The van der Waals surface area contributed by atoms with Gasteiger partial charge in [-0.05, 0) is 30.2 Å². The van der Waals surface area contributed by atoms with E-state index in [0.29, 0.717) is 5.92 Å². The molecule has 2 heterocycles. The number of nitrogens with zero attached hydrogens (tertiary/aromatic N) is 3. The van der Waals surface area contributed by atoms with Crippen molar-refractivity contribution in [2.24, 2.45) is 0 Å². The first kappa shape index (κ1) is 16.5. The number of imidazole rings is 1. The molecule has 4 nitrogen and oxygen atoms in total. The van der Waals surface area contributed by atoms with Crippen molar-refractivity contribution in [2.75, 3.05) is 12.3 Å². The highest BCUT2D eigenvalue weighted by molar-refractivity contribution is 5.50. The van der Waals surface area contributed by atoms with Gasteiger partial charge in [-0.1, -0.05) is 51.1 Å². The van der Waals surface area contributed by atoms with Crippen molar-refractivity contribution >= 4 is 11.3 Å². The molecule has 24 heavy (non-hydrogen) atoms. The van der Waals surface area contributed by atoms with E-state index in [1.54, 1.807) is 0 Å². The molecule has 1 aromatic carbocycles. The maximum absolute atomic E-state index is 6.00. The van der Waals surface area contributed by atoms with E-state index < -0.39 is 0 Å². The number of benzene rings is 1. The fourth-order valence-electron chi connectivity index (χ4n) is 3.08. The van der Waals surface area contributed by atoms with Gasteiger partial charge in [-0.2, -0.15) is 0 Å². The molecule has 0 fully saturated rings. The summed E-state index contributed by atoms with van der Waals surface area (Å²) in [5, 5.41) is 0. The Morgan fingerprint density at radius 2 is 1.83 bits per heavy atom. The lowest BCUT2D eigenvalue weighted by Gasteiger charge is -2.21. The van der Waals surface area contributed by atoms with Gasteiger partial charge in [0.1, 0.15) is 5.65 Å². The van der Waals surface area contributed by atoms with Crippen molar-refractivity contribution in [3.8, 4) is 0 Å². The molecule has 0 unspecified atom stereocenters. The first-order chi connectivity index (χ1) is 11.6. The third-order valence-electron chi connectivity index (χ3n) is 4.39. The molecular weight excluding hydrogens is 296 g/mol. The summed E-state index contributed by atoms with van der Waals surface area (Å²) >= 11 is 0. The predicted molar refractivity (Wildman–Crippen MR) is 99.9 cm³/mol. The number of nitrogens with two attached hydrogens (primary N) is 1. The molecule has 0 radical (unpaired) electrons. The molecular formula is C20H26N4. The first-order valence-corrected chi connectivity index (χ1v) is 8.61. The Morgan fingerprint density at radius 3 is 2.50 bits per heavy atom. The van der Waals surface area contributed by atoms with E-state index in [1.165, 1.54) is 11.3 Å². The van der Waals surface area contributed by atoms with Gasteiger partial charge in [-0.25, -0.2) is 4.98 Å². The minimum absolute atomic E-state index is 0.386. The lowest BCUT2D eigenvalue weighted by molar-refractivity contribution is 0.266. The molecule has 4 heteroatoms. The lowest BCUT2D eigenvalue weighted by Crippen LogP contribution is -2.24. The fraction of sp³-hybridized carbons (Fsp3) is 0.350. The summed E-state index contributed by atoms with van der Waals surface area (Å²) in [6.45, 7) is 9.38. The summed E-state index contributed by atoms with van der Waals surface area (Å²) in [5.74, 6) is 0.386. The molecule has 0 amide bonds. The average Bonchev–Trinajstić information content (AvgIpc) is 2.93. The van der Waals surface area contributed by atoms with E-state index in [0.717, 1.165) is 36.7 Å². The van der Waals surface area contributed by atoms with Crippen LogP contribution in [0.5, 0.6) is 0 Å². The molecule has 0 atom stereocenters. The summed E-state index contributed by atoms with van der Waals surface area (Å²) in [6, 6.07) is 14.5. The van der Waals surface area contributed by atoms with Gasteiger partial charge in [0.15, 0.2) is 0 Å². The summed E-state index contributed by atoms with van der Waals surface area (Å²) in [6.07, 6.45) is 1.99. The van der Waals surface area contributed by atoms with Gasteiger partial charge < -0.3 is 10.1 Å². The highest BCUT2D eigenvalue weighted by atomic mass is 15.1. The second kappa shape index (κ2) is 7.05. The van der Waals surface area contributed by atoms with Crippen LogP contribution in [-0.2, 0) is 13.1 Å². The molecule has 0 saturated carbocycles. The van der Waals surface area contributed by atoms with Gasteiger partial charge in [-0.3, -0.25) is 4.90 Å². The van der Waals surface area contributed by atoms with Crippen LogP contribution >= 0.6 is 0 Å². The Morgan fingerprint density at radius 1 is 1.08 bits per heavy atom. The summed E-state index contributed by atoms with van der Waals surface area (Å²) in [4.78, 5) is 7.27. The van der Waals surface area contributed by atoms with E-state index >= 15 is 0 Å². The summed E-state index contributed by atoms with van der Waals surface area (Å²) < 4.78 is 2.15. The summed E-state index contributed by atoms with van der Waals surface area (Å²) in [7, 11) is 0. The topological polar surface area (TPSA) is 46.6 Å². The molecule has 0 bridgehead atoms. The van der Waals surface area contributed by atoms with Crippen LogP contribution in [-0.4, -0.2) is 20.8 Å². The Labute approximate surface area is 143 Å². The first-order valence-electron chi connectivity index (χ1n) is 8.61. The number of hydrogen-bond donors (Lipinski definition) is 1. The minimum atomic E-state index is 0.386. The second-order valence-electron chi connectivity index (χ2n) is 6.58. The van der Waals surface area contributed by atoms with Crippen molar-refractivity contribution in [1.82, 2.24) is 14.3 Å². The fourth-order valence-corrected chi connectivity index (χ4v) is 3.08. The molecule has 126 valence electrons. The summed E-state index contributed by atoms with van der Waals surface area (Å²) in [5.41, 5.74) is 11.5. The molecule has 0 aliphatic carbocycles. The van der Waals surface area contributed by atoms with E-state index in [-0.39, 0.29) is 0 Å². The average molecular weight is 322 g/mol. The van der Waals surface area contributed by atoms with Gasteiger partial charge in [0.2, 0.25) is 0 Å². The highest BCUT2D eigenvalue weighted by Crippen LogP contribution is 2.23.